The van der Waals surface area contributed by atoms with Crippen molar-refractivity contribution in [1.29, 1.82) is 0 Å². The number of hydrogen-bond acceptors (Lipinski definition) is 7. The van der Waals surface area contributed by atoms with E-state index in [0.717, 1.165) is 0 Å². The van der Waals surface area contributed by atoms with Gasteiger partial charge in [-0.15, -0.1) is 19.9 Å². The zero-order chi connectivity index (χ0) is 17.1. The summed E-state index contributed by atoms with van der Waals surface area (Å²) in [5.41, 5.74) is 2.41. The number of rotatable bonds is 6. The lowest BCUT2D eigenvalue weighted by Gasteiger charge is -2.10. The number of Topliss-reactive ketones (excluding diaryl/α,β-unsaturated/α-hetero) is 1. The van der Waals surface area contributed by atoms with Crippen molar-refractivity contribution >= 4 is 22.5 Å². The van der Waals surface area contributed by atoms with Gasteiger partial charge < -0.3 is 10.2 Å². The van der Waals surface area contributed by atoms with Crippen LogP contribution >= 0.6 is 0 Å². The molecule has 0 fully saturated rings. The van der Waals surface area contributed by atoms with E-state index < -0.39 is 18.5 Å². The Labute approximate surface area is 136 Å². The van der Waals surface area contributed by atoms with E-state index in [4.69, 9.17) is 5.11 Å². The predicted octanol–water partition coefficient (Wildman–Crippen LogP) is 1.28. The maximum Gasteiger partial charge on any atom is 0.186 e. The zero-order valence-corrected chi connectivity index (χ0v) is 12.5. The van der Waals surface area contributed by atoms with Crippen LogP contribution in [0.1, 0.15) is 5.56 Å². The first-order valence-corrected chi connectivity index (χ1v) is 7.22. The van der Waals surface area contributed by atoms with Crippen LogP contribution in [0.4, 0.5) is 5.69 Å². The first-order chi connectivity index (χ1) is 11.6. The summed E-state index contributed by atoms with van der Waals surface area (Å²) in [6, 6.07) is 11.9. The summed E-state index contributed by atoms with van der Waals surface area (Å²) in [6.45, 7) is -0.728. The Morgan fingerprint density at radius 3 is 2.42 bits per heavy atom. The lowest BCUT2D eigenvalue weighted by atomic mass is 10.0. The molecule has 0 radical (unpaired) electrons. The highest BCUT2D eigenvalue weighted by molar-refractivity contribution is 5.84. The number of benzene rings is 2. The van der Waals surface area contributed by atoms with Crippen LogP contribution in [-0.4, -0.2) is 43.7 Å². The highest BCUT2D eigenvalue weighted by atomic mass is 16.3. The topological polar surface area (TPSA) is 118 Å². The summed E-state index contributed by atoms with van der Waals surface area (Å²) in [4.78, 5) is 23.7. The molecule has 1 atom stereocenters. The number of hydrogen-bond donors (Lipinski definition) is 2. The molecular formula is C16H14N4O4. The minimum Gasteiger partial charge on any atom is -0.388 e. The number of aromatic nitrogens is 3. The van der Waals surface area contributed by atoms with Gasteiger partial charge in [-0.3, -0.25) is 4.79 Å². The van der Waals surface area contributed by atoms with Gasteiger partial charge in [0.05, 0.1) is 0 Å². The van der Waals surface area contributed by atoms with Crippen molar-refractivity contribution in [1.82, 2.24) is 15.0 Å². The van der Waals surface area contributed by atoms with Crippen molar-refractivity contribution in [3.8, 4) is 5.69 Å². The molecule has 1 unspecified atom stereocenters. The Bertz CT molecular complexity index is 873. The average molecular weight is 326 g/mol. The third kappa shape index (κ3) is 3.05. The molecule has 3 rings (SSSR count). The van der Waals surface area contributed by atoms with Crippen LogP contribution in [0.25, 0.3) is 16.7 Å². The largest absolute Gasteiger partial charge is 0.388 e. The van der Waals surface area contributed by atoms with Crippen molar-refractivity contribution in [2.24, 2.45) is 5.18 Å². The highest BCUT2D eigenvalue weighted by Crippen LogP contribution is 2.25. The lowest BCUT2D eigenvalue weighted by Crippen LogP contribution is -2.25. The molecular weight excluding hydrogens is 312 g/mol. The van der Waals surface area contributed by atoms with Gasteiger partial charge in [-0.1, -0.05) is 18.2 Å². The molecule has 2 N–H and O–H groups in total. The van der Waals surface area contributed by atoms with Crippen LogP contribution in [0.15, 0.2) is 47.6 Å². The van der Waals surface area contributed by atoms with Crippen LogP contribution in [-0.2, 0) is 11.2 Å². The van der Waals surface area contributed by atoms with E-state index in [1.54, 1.807) is 24.3 Å². The number of nitrogens with zero attached hydrogens (tertiary/aromatic N) is 4. The first-order valence-electron chi connectivity index (χ1n) is 7.22. The van der Waals surface area contributed by atoms with Gasteiger partial charge in [-0.25, -0.2) is 0 Å². The third-order valence-electron chi connectivity index (χ3n) is 3.60. The van der Waals surface area contributed by atoms with Crippen LogP contribution in [0.3, 0.4) is 0 Å². The van der Waals surface area contributed by atoms with Gasteiger partial charge in [0.2, 0.25) is 0 Å². The van der Waals surface area contributed by atoms with Gasteiger partial charge in [-0.2, -0.15) is 0 Å². The van der Waals surface area contributed by atoms with Crippen LogP contribution in [0, 0.1) is 4.91 Å². The fourth-order valence-corrected chi connectivity index (χ4v) is 2.34. The molecule has 1 heterocycles. The van der Waals surface area contributed by atoms with E-state index in [2.05, 4.69) is 15.4 Å². The molecule has 122 valence electrons. The molecule has 0 aliphatic rings. The van der Waals surface area contributed by atoms with Gasteiger partial charge in [-0.05, 0) is 35.0 Å². The Morgan fingerprint density at radius 2 is 1.83 bits per heavy atom. The van der Waals surface area contributed by atoms with Crippen molar-refractivity contribution < 1.29 is 15.0 Å². The zero-order valence-electron chi connectivity index (χ0n) is 12.5. The SMILES string of the molecule is O=Nc1ccc(CC(O)C(=O)CO)cc1-n1nc2ccccc2n1. The number of aliphatic hydroxyl groups excluding tert-OH is 2. The number of carbonyl (C=O) groups is 1. The Kier molecular flexibility index (Phi) is 4.41. The van der Waals surface area contributed by atoms with E-state index in [0.29, 0.717) is 22.3 Å². The molecule has 24 heavy (non-hydrogen) atoms. The van der Waals surface area contributed by atoms with E-state index in [1.165, 1.54) is 10.9 Å². The predicted molar refractivity (Wildman–Crippen MR) is 86.1 cm³/mol. The standard InChI is InChI=1S/C16H14N4O4/c21-9-16(23)15(22)8-10-5-6-13(19-24)14(7-10)20-17-11-3-1-2-4-12(11)18-20/h1-7,15,21-22H,8-9H2. The average Bonchev–Trinajstić information content (AvgIpc) is 3.04. The maximum absolute atomic E-state index is 11.3. The number of ketones is 1. The number of aliphatic hydroxyl groups is 2. The molecule has 0 amide bonds. The molecule has 3 aromatic rings. The summed E-state index contributed by atoms with van der Waals surface area (Å²) in [6.07, 6.45) is -1.31. The van der Waals surface area contributed by atoms with Crippen molar-refractivity contribution in [2.45, 2.75) is 12.5 Å². The van der Waals surface area contributed by atoms with E-state index in [9.17, 15) is 14.8 Å². The van der Waals surface area contributed by atoms with Crippen LogP contribution < -0.4 is 0 Å². The normalized spacial score (nSPS) is 12.2. The second kappa shape index (κ2) is 6.65. The summed E-state index contributed by atoms with van der Waals surface area (Å²) < 4.78 is 0. The summed E-state index contributed by atoms with van der Waals surface area (Å²) in [5.74, 6) is -0.669. The summed E-state index contributed by atoms with van der Waals surface area (Å²) >= 11 is 0. The maximum atomic E-state index is 11.3. The Balaban J connectivity index is 2.00. The molecule has 0 saturated heterocycles. The molecule has 0 saturated carbocycles. The minimum absolute atomic E-state index is 0.00627. The van der Waals surface area contributed by atoms with Crippen molar-refractivity contribution in [3.63, 3.8) is 0 Å². The van der Waals surface area contributed by atoms with Crippen LogP contribution in [0.2, 0.25) is 0 Å². The molecule has 1 aromatic heterocycles. The van der Waals surface area contributed by atoms with Crippen molar-refractivity contribution in [2.75, 3.05) is 6.61 Å². The second-order valence-electron chi connectivity index (χ2n) is 5.24. The third-order valence-corrected chi connectivity index (χ3v) is 3.60. The number of carbonyl (C=O) groups excluding carboxylic acids is 1. The van der Waals surface area contributed by atoms with Gasteiger partial charge in [0.25, 0.3) is 0 Å². The monoisotopic (exact) mass is 326 g/mol. The number of fused-ring (bicyclic) bond motifs is 1. The quantitative estimate of drug-likeness (QED) is 0.659. The fourth-order valence-electron chi connectivity index (χ4n) is 2.34. The molecule has 0 spiro atoms. The summed E-state index contributed by atoms with van der Waals surface area (Å²) in [7, 11) is 0. The number of nitroso groups, excluding NO2 is 1. The highest BCUT2D eigenvalue weighted by Gasteiger charge is 2.17. The molecule has 8 nitrogen and oxygen atoms in total. The Hall–Kier alpha value is -2.97. The fraction of sp³-hybridized carbons (Fsp3) is 0.188. The molecule has 0 bridgehead atoms. The van der Waals surface area contributed by atoms with E-state index in [1.807, 2.05) is 12.1 Å². The molecule has 8 heteroatoms. The van der Waals surface area contributed by atoms with Gasteiger partial charge in [0, 0.05) is 6.42 Å². The minimum atomic E-state index is -1.32. The van der Waals surface area contributed by atoms with Gasteiger partial charge in [0.15, 0.2) is 5.78 Å². The van der Waals surface area contributed by atoms with Gasteiger partial charge in [0.1, 0.15) is 35.1 Å². The Morgan fingerprint density at radius 1 is 1.17 bits per heavy atom. The molecule has 0 aliphatic carbocycles. The smallest absolute Gasteiger partial charge is 0.186 e. The molecule has 2 aromatic carbocycles. The lowest BCUT2D eigenvalue weighted by molar-refractivity contribution is -0.129. The van der Waals surface area contributed by atoms with E-state index in [-0.39, 0.29) is 12.1 Å². The first kappa shape index (κ1) is 15.9. The second-order valence-corrected chi connectivity index (χ2v) is 5.24. The van der Waals surface area contributed by atoms with Gasteiger partial charge >= 0.3 is 0 Å². The van der Waals surface area contributed by atoms with E-state index >= 15 is 0 Å². The summed E-state index contributed by atoms with van der Waals surface area (Å²) in [5, 5.41) is 30.1. The molecule has 0 aliphatic heterocycles. The van der Waals surface area contributed by atoms with Crippen molar-refractivity contribution in [3.05, 3.63) is 52.9 Å². The van der Waals surface area contributed by atoms with Crippen LogP contribution in [0.5, 0.6) is 0 Å².